The highest BCUT2D eigenvalue weighted by Crippen LogP contribution is 2.08. The van der Waals surface area contributed by atoms with Crippen molar-refractivity contribution in [1.82, 2.24) is 10.2 Å². The van der Waals surface area contributed by atoms with E-state index in [0.29, 0.717) is 13.0 Å². The van der Waals surface area contributed by atoms with Crippen LogP contribution in [-0.4, -0.2) is 43.5 Å². The van der Waals surface area contributed by atoms with Gasteiger partial charge in [-0.1, -0.05) is 12.8 Å². The summed E-state index contributed by atoms with van der Waals surface area (Å²) < 4.78 is 0. The van der Waals surface area contributed by atoms with Gasteiger partial charge in [0.05, 0.1) is 0 Å². The number of likely N-dealkylation sites (tertiary alicyclic amines) is 1. The lowest BCUT2D eigenvalue weighted by Gasteiger charge is -2.19. The zero-order valence-electron chi connectivity index (χ0n) is 10.9. The Kier molecular flexibility index (Phi) is 8.01. The van der Waals surface area contributed by atoms with E-state index in [1.54, 1.807) is 0 Å². The molecule has 0 aromatic rings. The van der Waals surface area contributed by atoms with E-state index in [1.807, 2.05) is 0 Å². The highest BCUT2D eigenvalue weighted by atomic mass is 16.1. The number of unbranched alkanes of at least 4 members (excludes halogenated alkanes) is 1. The lowest BCUT2D eigenvalue weighted by molar-refractivity contribution is -0.121. The number of carbonyl (C=O) groups excluding carboxylic acids is 1. The summed E-state index contributed by atoms with van der Waals surface area (Å²) in [6, 6.07) is 0. The Bertz CT molecular complexity index is 201. The van der Waals surface area contributed by atoms with Crippen LogP contribution in [0.4, 0.5) is 0 Å². The second-order valence-corrected chi connectivity index (χ2v) is 4.85. The summed E-state index contributed by atoms with van der Waals surface area (Å²) in [7, 11) is 0. The molecule has 1 heterocycles. The molecule has 0 saturated carbocycles. The Morgan fingerprint density at radius 1 is 1.12 bits per heavy atom. The van der Waals surface area contributed by atoms with Crippen molar-refractivity contribution in [2.45, 2.75) is 44.9 Å². The van der Waals surface area contributed by atoms with Crippen molar-refractivity contribution in [3.63, 3.8) is 0 Å². The summed E-state index contributed by atoms with van der Waals surface area (Å²) in [6.07, 6.45) is 7.82. The van der Waals surface area contributed by atoms with E-state index >= 15 is 0 Å². The molecule has 0 radical (unpaired) electrons. The number of nitrogens with two attached hydrogens (primary N) is 1. The van der Waals surface area contributed by atoms with Crippen LogP contribution >= 0.6 is 0 Å². The van der Waals surface area contributed by atoms with Gasteiger partial charge in [0, 0.05) is 19.5 Å². The first kappa shape index (κ1) is 14.5. The molecule has 1 aliphatic heterocycles. The third kappa shape index (κ3) is 7.34. The highest BCUT2D eigenvalue weighted by Gasteiger charge is 2.08. The van der Waals surface area contributed by atoms with Crippen molar-refractivity contribution in [2.24, 2.45) is 5.73 Å². The number of carbonyl (C=O) groups is 1. The Morgan fingerprint density at radius 3 is 2.47 bits per heavy atom. The maximum absolute atomic E-state index is 11.5. The van der Waals surface area contributed by atoms with Gasteiger partial charge in [0.1, 0.15) is 0 Å². The second kappa shape index (κ2) is 9.42. The Labute approximate surface area is 105 Å². The van der Waals surface area contributed by atoms with Crippen molar-refractivity contribution < 1.29 is 4.79 Å². The van der Waals surface area contributed by atoms with Crippen LogP contribution < -0.4 is 11.1 Å². The van der Waals surface area contributed by atoms with Crippen molar-refractivity contribution in [1.29, 1.82) is 0 Å². The molecule has 1 aliphatic rings. The van der Waals surface area contributed by atoms with Gasteiger partial charge in [0.15, 0.2) is 0 Å². The SMILES string of the molecule is NCCCCC(=O)NCCN1CCCCCC1. The molecular formula is C13H27N3O. The first-order chi connectivity index (χ1) is 8.33. The Balaban J connectivity index is 1.99. The van der Waals surface area contributed by atoms with Crippen LogP contribution in [0.15, 0.2) is 0 Å². The average Bonchev–Trinajstić information content (AvgIpc) is 2.58. The molecule has 1 saturated heterocycles. The zero-order valence-corrected chi connectivity index (χ0v) is 10.9. The van der Waals surface area contributed by atoms with Gasteiger partial charge >= 0.3 is 0 Å². The summed E-state index contributed by atoms with van der Waals surface area (Å²) in [4.78, 5) is 13.9. The van der Waals surface area contributed by atoms with Crippen LogP contribution in [0.25, 0.3) is 0 Å². The zero-order chi connectivity index (χ0) is 12.3. The number of amides is 1. The summed E-state index contributed by atoms with van der Waals surface area (Å²) in [5.41, 5.74) is 5.39. The van der Waals surface area contributed by atoms with E-state index in [0.717, 1.165) is 25.9 Å². The minimum absolute atomic E-state index is 0.174. The third-order valence-corrected chi connectivity index (χ3v) is 3.31. The lowest BCUT2D eigenvalue weighted by Crippen LogP contribution is -2.35. The number of rotatable bonds is 7. The molecule has 3 N–H and O–H groups in total. The van der Waals surface area contributed by atoms with Crippen LogP contribution in [0.2, 0.25) is 0 Å². The molecule has 1 amide bonds. The predicted molar refractivity (Wildman–Crippen MR) is 70.8 cm³/mol. The van der Waals surface area contributed by atoms with E-state index in [1.165, 1.54) is 38.8 Å². The molecule has 0 spiro atoms. The smallest absolute Gasteiger partial charge is 0.220 e. The van der Waals surface area contributed by atoms with Crippen molar-refractivity contribution in [3.8, 4) is 0 Å². The Hall–Kier alpha value is -0.610. The molecule has 0 aromatic heterocycles. The standard InChI is InChI=1S/C13H27N3O/c14-8-4-3-7-13(17)15-9-12-16-10-5-1-2-6-11-16/h1-12,14H2,(H,15,17). The quantitative estimate of drug-likeness (QED) is 0.656. The molecule has 1 rings (SSSR count). The summed E-state index contributed by atoms with van der Waals surface area (Å²) in [5, 5.41) is 2.99. The fourth-order valence-electron chi connectivity index (χ4n) is 2.23. The van der Waals surface area contributed by atoms with Crippen molar-refractivity contribution in [3.05, 3.63) is 0 Å². The molecule has 100 valence electrons. The molecule has 0 aromatic carbocycles. The van der Waals surface area contributed by atoms with Gasteiger partial charge in [0.25, 0.3) is 0 Å². The highest BCUT2D eigenvalue weighted by molar-refractivity contribution is 5.75. The average molecular weight is 241 g/mol. The first-order valence-corrected chi connectivity index (χ1v) is 7.02. The molecular weight excluding hydrogens is 214 g/mol. The fourth-order valence-corrected chi connectivity index (χ4v) is 2.23. The number of nitrogens with zero attached hydrogens (tertiary/aromatic N) is 1. The number of hydrogen-bond acceptors (Lipinski definition) is 3. The molecule has 0 aliphatic carbocycles. The Morgan fingerprint density at radius 2 is 1.82 bits per heavy atom. The molecule has 0 bridgehead atoms. The van der Waals surface area contributed by atoms with Crippen molar-refractivity contribution in [2.75, 3.05) is 32.7 Å². The number of hydrogen-bond donors (Lipinski definition) is 2. The van der Waals surface area contributed by atoms with E-state index < -0.39 is 0 Å². The normalized spacial score (nSPS) is 17.7. The minimum atomic E-state index is 0.174. The van der Waals surface area contributed by atoms with E-state index in [-0.39, 0.29) is 5.91 Å². The second-order valence-electron chi connectivity index (χ2n) is 4.85. The molecule has 1 fully saturated rings. The van der Waals surface area contributed by atoms with Crippen LogP contribution in [-0.2, 0) is 4.79 Å². The first-order valence-electron chi connectivity index (χ1n) is 7.02. The van der Waals surface area contributed by atoms with Gasteiger partial charge in [-0.05, 0) is 45.3 Å². The third-order valence-electron chi connectivity index (χ3n) is 3.31. The van der Waals surface area contributed by atoms with E-state index in [9.17, 15) is 4.79 Å². The summed E-state index contributed by atoms with van der Waals surface area (Å²) >= 11 is 0. The maximum atomic E-state index is 11.5. The van der Waals surface area contributed by atoms with Gasteiger partial charge < -0.3 is 16.0 Å². The largest absolute Gasteiger partial charge is 0.355 e. The molecule has 4 heteroatoms. The number of nitrogens with one attached hydrogen (secondary N) is 1. The van der Waals surface area contributed by atoms with Gasteiger partial charge in [-0.25, -0.2) is 0 Å². The van der Waals surface area contributed by atoms with Crippen LogP contribution in [0.1, 0.15) is 44.9 Å². The van der Waals surface area contributed by atoms with Crippen LogP contribution in [0.5, 0.6) is 0 Å². The van der Waals surface area contributed by atoms with Gasteiger partial charge in [-0.3, -0.25) is 4.79 Å². The molecule has 0 atom stereocenters. The fraction of sp³-hybridized carbons (Fsp3) is 0.923. The monoisotopic (exact) mass is 241 g/mol. The van der Waals surface area contributed by atoms with Gasteiger partial charge in [-0.2, -0.15) is 0 Å². The van der Waals surface area contributed by atoms with E-state index in [2.05, 4.69) is 10.2 Å². The molecule has 17 heavy (non-hydrogen) atoms. The van der Waals surface area contributed by atoms with Crippen LogP contribution in [0.3, 0.4) is 0 Å². The van der Waals surface area contributed by atoms with Crippen LogP contribution in [0, 0.1) is 0 Å². The molecule has 0 unspecified atom stereocenters. The summed E-state index contributed by atoms with van der Waals surface area (Å²) in [5.74, 6) is 0.174. The lowest BCUT2D eigenvalue weighted by atomic mass is 10.2. The topological polar surface area (TPSA) is 58.4 Å². The minimum Gasteiger partial charge on any atom is -0.355 e. The maximum Gasteiger partial charge on any atom is 0.220 e. The predicted octanol–water partition coefficient (Wildman–Crippen LogP) is 1.11. The van der Waals surface area contributed by atoms with E-state index in [4.69, 9.17) is 5.73 Å². The summed E-state index contributed by atoms with van der Waals surface area (Å²) in [6.45, 7) is 4.87. The molecule has 4 nitrogen and oxygen atoms in total. The van der Waals surface area contributed by atoms with Gasteiger partial charge in [0.2, 0.25) is 5.91 Å². The van der Waals surface area contributed by atoms with Crippen molar-refractivity contribution >= 4 is 5.91 Å². The van der Waals surface area contributed by atoms with Gasteiger partial charge in [-0.15, -0.1) is 0 Å².